The summed E-state index contributed by atoms with van der Waals surface area (Å²) in [4.78, 5) is 11.3. The van der Waals surface area contributed by atoms with E-state index in [-0.39, 0.29) is 17.2 Å². The lowest BCUT2D eigenvalue weighted by atomic mass is 10.0. The third kappa shape index (κ3) is 2.52. The van der Waals surface area contributed by atoms with Crippen LogP contribution < -0.4 is 0 Å². The number of halogens is 2. The van der Waals surface area contributed by atoms with Crippen LogP contribution in [0.5, 0.6) is 0 Å². The summed E-state index contributed by atoms with van der Waals surface area (Å²) in [7, 11) is 0. The quantitative estimate of drug-likeness (QED) is 0.943. The van der Waals surface area contributed by atoms with Crippen LogP contribution in [-0.2, 0) is 4.74 Å². The van der Waals surface area contributed by atoms with Gasteiger partial charge in [0, 0.05) is 24.8 Å². The maximum Gasteiger partial charge on any atom is 0.339 e. The van der Waals surface area contributed by atoms with Crippen molar-refractivity contribution in [3.8, 4) is 5.69 Å². The molecule has 7 heteroatoms. The smallest absolute Gasteiger partial charge is 0.339 e. The molecule has 3 rings (SSSR count). The van der Waals surface area contributed by atoms with Crippen LogP contribution in [0.25, 0.3) is 5.69 Å². The number of aromatic nitrogens is 2. The van der Waals surface area contributed by atoms with Gasteiger partial charge >= 0.3 is 5.97 Å². The molecule has 21 heavy (non-hydrogen) atoms. The lowest BCUT2D eigenvalue weighted by Gasteiger charge is -2.05. The van der Waals surface area contributed by atoms with Crippen LogP contribution in [0.3, 0.4) is 0 Å². The molecule has 0 spiro atoms. The van der Waals surface area contributed by atoms with Crippen molar-refractivity contribution >= 4 is 5.97 Å². The van der Waals surface area contributed by atoms with E-state index >= 15 is 0 Å². The lowest BCUT2D eigenvalue weighted by molar-refractivity contribution is 0.0695. The zero-order chi connectivity index (χ0) is 15.0. The zero-order valence-electron chi connectivity index (χ0n) is 10.9. The molecule has 1 aliphatic heterocycles. The molecule has 5 nitrogen and oxygen atoms in total. The molecule has 0 bridgehead atoms. The number of aromatic carboxylic acids is 1. The van der Waals surface area contributed by atoms with E-state index in [1.807, 2.05) is 0 Å². The second-order valence-electron chi connectivity index (χ2n) is 4.83. The van der Waals surface area contributed by atoms with E-state index in [9.17, 15) is 18.7 Å². The summed E-state index contributed by atoms with van der Waals surface area (Å²) < 4.78 is 33.1. The van der Waals surface area contributed by atoms with Gasteiger partial charge in [0.15, 0.2) is 5.82 Å². The summed E-state index contributed by atoms with van der Waals surface area (Å²) in [6.07, 6.45) is 1.91. The Morgan fingerprint density at radius 1 is 1.43 bits per heavy atom. The fourth-order valence-corrected chi connectivity index (χ4v) is 2.39. The van der Waals surface area contributed by atoms with Crippen molar-refractivity contribution in [1.82, 2.24) is 9.78 Å². The Morgan fingerprint density at radius 2 is 2.24 bits per heavy atom. The largest absolute Gasteiger partial charge is 0.478 e. The van der Waals surface area contributed by atoms with Crippen molar-refractivity contribution in [2.45, 2.75) is 12.3 Å². The fourth-order valence-electron chi connectivity index (χ4n) is 2.39. The van der Waals surface area contributed by atoms with E-state index < -0.39 is 17.6 Å². The standard InChI is InChI=1S/C14H12F2N2O3/c15-9-1-2-12(11(16)5-9)18-6-10(14(19)20)13(17-18)8-3-4-21-7-8/h1-2,5-6,8H,3-4,7H2,(H,19,20). The van der Waals surface area contributed by atoms with Crippen LogP contribution >= 0.6 is 0 Å². The van der Waals surface area contributed by atoms with E-state index in [0.717, 1.165) is 16.8 Å². The van der Waals surface area contributed by atoms with Gasteiger partial charge < -0.3 is 9.84 Å². The molecule has 1 aromatic heterocycles. The molecule has 1 fully saturated rings. The van der Waals surface area contributed by atoms with Crippen LogP contribution in [0, 0.1) is 11.6 Å². The maximum atomic E-state index is 13.8. The molecule has 0 aliphatic carbocycles. The van der Waals surface area contributed by atoms with Crippen LogP contribution in [0.1, 0.15) is 28.4 Å². The Balaban J connectivity index is 2.07. The van der Waals surface area contributed by atoms with Crippen molar-refractivity contribution in [2.24, 2.45) is 0 Å². The number of ether oxygens (including phenoxy) is 1. The third-order valence-electron chi connectivity index (χ3n) is 3.45. The molecule has 0 saturated carbocycles. The Kier molecular flexibility index (Phi) is 3.42. The molecule has 0 radical (unpaired) electrons. The molecule has 1 atom stereocenters. The van der Waals surface area contributed by atoms with Gasteiger partial charge in [0.25, 0.3) is 0 Å². The first-order chi connectivity index (χ1) is 10.1. The van der Waals surface area contributed by atoms with Crippen molar-refractivity contribution in [3.05, 3.63) is 47.3 Å². The molecule has 1 aliphatic rings. The highest BCUT2D eigenvalue weighted by Crippen LogP contribution is 2.28. The van der Waals surface area contributed by atoms with Crippen molar-refractivity contribution < 1.29 is 23.4 Å². The number of hydrogen-bond donors (Lipinski definition) is 1. The van der Waals surface area contributed by atoms with Crippen molar-refractivity contribution in [2.75, 3.05) is 13.2 Å². The van der Waals surface area contributed by atoms with Gasteiger partial charge in [-0.3, -0.25) is 0 Å². The number of nitrogens with zero attached hydrogens (tertiary/aromatic N) is 2. The highest BCUT2D eigenvalue weighted by molar-refractivity contribution is 5.89. The van der Waals surface area contributed by atoms with Crippen LogP contribution in [0.4, 0.5) is 8.78 Å². The molecule has 1 saturated heterocycles. The first-order valence-corrected chi connectivity index (χ1v) is 6.42. The Bertz CT molecular complexity index is 694. The van der Waals surface area contributed by atoms with Gasteiger partial charge in [0.2, 0.25) is 0 Å². The molecule has 1 aromatic carbocycles. The molecule has 1 N–H and O–H groups in total. The molecular formula is C14H12F2N2O3. The minimum atomic E-state index is -1.13. The fraction of sp³-hybridized carbons (Fsp3) is 0.286. The van der Waals surface area contributed by atoms with Gasteiger partial charge in [0.1, 0.15) is 17.1 Å². The summed E-state index contributed by atoms with van der Waals surface area (Å²) in [6.45, 7) is 0.935. The topological polar surface area (TPSA) is 64.3 Å². The number of hydrogen-bond acceptors (Lipinski definition) is 3. The van der Waals surface area contributed by atoms with E-state index in [2.05, 4.69) is 5.10 Å². The van der Waals surface area contributed by atoms with Gasteiger partial charge in [-0.25, -0.2) is 18.3 Å². The molecule has 2 aromatic rings. The average molecular weight is 294 g/mol. The van der Waals surface area contributed by atoms with Gasteiger partial charge in [0.05, 0.1) is 12.3 Å². The first kappa shape index (κ1) is 13.7. The Morgan fingerprint density at radius 3 is 2.86 bits per heavy atom. The summed E-state index contributed by atoms with van der Waals surface area (Å²) in [5, 5.41) is 13.4. The second-order valence-corrected chi connectivity index (χ2v) is 4.83. The van der Waals surface area contributed by atoms with Gasteiger partial charge in [-0.1, -0.05) is 0 Å². The predicted molar refractivity (Wildman–Crippen MR) is 68.6 cm³/mol. The minimum Gasteiger partial charge on any atom is -0.478 e. The summed E-state index contributed by atoms with van der Waals surface area (Å²) >= 11 is 0. The molecule has 0 amide bonds. The third-order valence-corrected chi connectivity index (χ3v) is 3.45. The zero-order valence-corrected chi connectivity index (χ0v) is 10.9. The number of carboxylic acid groups (broad SMARTS) is 1. The van der Waals surface area contributed by atoms with Gasteiger partial charge in [-0.15, -0.1) is 0 Å². The Labute approximate surface area is 118 Å². The van der Waals surface area contributed by atoms with Crippen LogP contribution in [-0.4, -0.2) is 34.1 Å². The lowest BCUT2D eigenvalue weighted by Crippen LogP contribution is -2.06. The SMILES string of the molecule is O=C(O)c1cn(-c2ccc(F)cc2F)nc1C1CCOC1. The average Bonchev–Trinajstić information content (AvgIpc) is 3.07. The van der Waals surface area contributed by atoms with E-state index in [0.29, 0.717) is 25.3 Å². The Hall–Kier alpha value is -2.28. The van der Waals surface area contributed by atoms with Crippen LogP contribution in [0.15, 0.2) is 24.4 Å². The predicted octanol–water partition coefficient (Wildman–Crippen LogP) is 2.35. The second kappa shape index (κ2) is 5.25. The van der Waals surface area contributed by atoms with E-state index in [4.69, 9.17) is 4.74 Å². The minimum absolute atomic E-state index is 0.00376. The van der Waals surface area contributed by atoms with Crippen molar-refractivity contribution in [1.29, 1.82) is 0 Å². The summed E-state index contributed by atoms with van der Waals surface area (Å²) in [6, 6.07) is 3.05. The number of carboxylic acids is 1. The van der Waals surface area contributed by atoms with E-state index in [1.54, 1.807) is 0 Å². The normalized spacial score (nSPS) is 18.1. The molecule has 2 heterocycles. The number of carbonyl (C=O) groups is 1. The van der Waals surface area contributed by atoms with Crippen molar-refractivity contribution in [3.63, 3.8) is 0 Å². The summed E-state index contributed by atoms with van der Waals surface area (Å²) in [5.74, 6) is -2.76. The first-order valence-electron chi connectivity index (χ1n) is 6.42. The highest BCUT2D eigenvalue weighted by Gasteiger charge is 2.27. The van der Waals surface area contributed by atoms with Gasteiger partial charge in [-0.05, 0) is 18.6 Å². The van der Waals surface area contributed by atoms with Crippen LogP contribution in [0.2, 0.25) is 0 Å². The number of benzene rings is 1. The molecule has 110 valence electrons. The van der Waals surface area contributed by atoms with Gasteiger partial charge in [-0.2, -0.15) is 5.10 Å². The highest BCUT2D eigenvalue weighted by atomic mass is 19.1. The van der Waals surface area contributed by atoms with E-state index in [1.165, 1.54) is 12.3 Å². The maximum absolute atomic E-state index is 13.8. The summed E-state index contributed by atoms with van der Waals surface area (Å²) in [5.41, 5.74) is 0.377. The molecular weight excluding hydrogens is 282 g/mol. The molecule has 1 unspecified atom stereocenters. The number of rotatable bonds is 3. The monoisotopic (exact) mass is 294 g/mol.